The van der Waals surface area contributed by atoms with Crippen LogP contribution in [0.3, 0.4) is 0 Å². The fourth-order valence-corrected chi connectivity index (χ4v) is 3.72. The quantitative estimate of drug-likeness (QED) is 0.645. The van der Waals surface area contributed by atoms with E-state index >= 15 is 0 Å². The molecule has 1 fully saturated rings. The average Bonchev–Trinajstić information content (AvgIpc) is 3.16. The zero-order valence-corrected chi connectivity index (χ0v) is 15.0. The molecular formula is C15H24F3N5S. The molecule has 0 spiro atoms. The average molecular weight is 363 g/mol. The molecule has 136 valence electrons. The van der Waals surface area contributed by atoms with E-state index in [2.05, 4.69) is 27.1 Å². The number of aliphatic imine (C=N–C) groups is 1. The number of aromatic nitrogens is 1. The summed E-state index contributed by atoms with van der Waals surface area (Å²) in [5.41, 5.74) is -0.836. The van der Waals surface area contributed by atoms with Gasteiger partial charge in [-0.2, -0.15) is 13.2 Å². The molecule has 2 heterocycles. The number of hydrogen-bond donors (Lipinski definition) is 1. The van der Waals surface area contributed by atoms with Gasteiger partial charge in [-0.15, -0.1) is 11.3 Å². The molecule has 2 rings (SSSR count). The Hall–Kier alpha value is -1.35. The first-order valence-electron chi connectivity index (χ1n) is 8.02. The molecule has 5 nitrogen and oxygen atoms in total. The molecule has 1 aliphatic heterocycles. The Balaban J connectivity index is 1.88. The van der Waals surface area contributed by atoms with Crippen LogP contribution in [0.1, 0.15) is 30.5 Å². The predicted molar refractivity (Wildman–Crippen MR) is 90.2 cm³/mol. The monoisotopic (exact) mass is 363 g/mol. The van der Waals surface area contributed by atoms with Crippen molar-refractivity contribution < 1.29 is 13.2 Å². The topological polar surface area (TPSA) is 43.8 Å². The van der Waals surface area contributed by atoms with Crippen molar-refractivity contribution in [1.82, 2.24) is 20.1 Å². The molecule has 1 aromatic rings. The van der Waals surface area contributed by atoms with E-state index in [9.17, 15) is 13.2 Å². The first-order chi connectivity index (χ1) is 11.3. The smallest absolute Gasteiger partial charge is 0.350 e. The summed E-state index contributed by atoms with van der Waals surface area (Å²) in [4.78, 5) is 12.3. The molecule has 1 atom stereocenters. The lowest BCUT2D eigenvalue weighted by molar-refractivity contribution is -0.140. The molecule has 0 saturated carbocycles. The van der Waals surface area contributed by atoms with E-state index in [-0.39, 0.29) is 6.54 Å². The number of halogens is 3. The van der Waals surface area contributed by atoms with Crippen molar-refractivity contribution in [2.45, 2.75) is 38.5 Å². The molecule has 9 heteroatoms. The second kappa shape index (κ2) is 8.15. The third-order valence-electron chi connectivity index (χ3n) is 4.20. The molecule has 0 aromatic carbocycles. The van der Waals surface area contributed by atoms with E-state index in [0.29, 0.717) is 17.0 Å². The number of alkyl halides is 3. The van der Waals surface area contributed by atoms with E-state index in [0.717, 1.165) is 42.8 Å². The second-order valence-electron chi connectivity index (χ2n) is 5.83. The number of thiazole rings is 1. The van der Waals surface area contributed by atoms with Crippen LogP contribution in [-0.4, -0.2) is 60.5 Å². The van der Waals surface area contributed by atoms with E-state index < -0.39 is 11.9 Å². The van der Waals surface area contributed by atoms with Gasteiger partial charge in [0, 0.05) is 32.1 Å². The lowest BCUT2D eigenvalue weighted by Gasteiger charge is -2.29. The first kappa shape index (κ1) is 19.0. The molecule has 0 bridgehead atoms. The van der Waals surface area contributed by atoms with Crippen molar-refractivity contribution in [3.05, 3.63) is 16.1 Å². The van der Waals surface area contributed by atoms with Crippen molar-refractivity contribution in [2.24, 2.45) is 4.99 Å². The Bertz CT molecular complexity index is 558. The summed E-state index contributed by atoms with van der Waals surface area (Å²) >= 11 is 1.00. The highest BCUT2D eigenvalue weighted by molar-refractivity contribution is 7.09. The van der Waals surface area contributed by atoms with Crippen molar-refractivity contribution in [3.63, 3.8) is 0 Å². The molecule has 1 saturated heterocycles. The van der Waals surface area contributed by atoms with E-state index in [1.54, 1.807) is 7.05 Å². The predicted octanol–water partition coefficient (Wildman–Crippen LogP) is 2.65. The Morgan fingerprint density at radius 3 is 2.88 bits per heavy atom. The SMILES string of the molecule is CCN1CCCC1CN(C)C(=NC)NCc1nc(C(F)(F)F)cs1. The van der Waals surface area contributed by atoms with Crippen molar-refractivity contribution in [3.8, 4) is 0 Å². The van der Waals surface area contributed by atoms with Gasteiger partial charge in [-0.1, -0.05) is 6.92 Å². The van der Waals surface area contributed by atoms with Gasteiger partial charge < -0.3 is 10.2 Å². The van der Waals surface area contributed by atoms with Gasteiger partial charge in [0.05, 0.1) is 6.54 Å². The van der Waals surface area contributed by atoms with Gasteiger partial charge in [-0.05, 0) is 25.9 Å². The fraction of sp³-hybridized carbons (Fsp3) is 0.733. The van der Waals surface area contributed by atoms with E-state index in [1.165, 1.54) is 6.42 Å². The number of likely N-dealkylation sites (N-methyl/N-ethyl adjacent to an activating group) is 2. The molecule has 24 heavy (non-hydrogen) atoms. The lowest BCUT2D eigenvalue weighted by atomic mass is 10.2. The Morgan fingerprint density at radius 2 is 2.29 bits per heavy atom. The van der Waals surface area contributed by atoms with Crippen LogP contribution in [0.15, 0.2) is 10.4 Å². The normalized spacial score (nSPS) is 19.8. The Labute approximate surface area is 144 Å². The molecule has 1 N–H and O–H groups in total. The van der Waals surface area contributed by atoms with Crippen molar-refractivity contribution >= 4 is 17.3 Å². The summed E-state index contributed by atoms with van der Waals surface area (Å²) < 4.78 is 37.7. The van der Waals surface area contributed by atoms with Crippen LogP contribution in [0.5, 0.6) is 0 Å². The molecule has 0 amide bonds. The Morgan fingerprint density at radius 1 is 1.54 bits per heavy atom. The molecule has 0 aliphatic carbocycles. The number of nitrogens with one attached hydrogen (secondary N) is 1. The van der Waals surface area contributed by atoms with Crippen molar-refractivity contribution in [1.29, 1.82) is 0 Å². The van der Waals surface area contributed by atoms with Crippen LogP contribution >= 0.6 is 11.3 Å². The molecule has 1 aliphatic rings. The number of hydrogen-bond acceptors (Lipinski definition) is 4. The lowest BCUT2D eigenvalue weighted by Crippen LogP contribution is -2.45. The summed E-state index contributed by atoms with van der Waals surface area (Å²) in [6, 6.07) is 0.496. The van der Waals surface area contributed by atoms with Gasteiger partial charge in [0.1, 0.15) is 5.01 Å². The number of likely N-dealkylation sites (tertiary alicyclic amines) is 1. The summed E-state index contributed by atoms with van der Waals surface area (Å²) in [5, 5.41) is 4.53. The van der Waals surface area contributed by atoms with Crippen LogP contribution in [0.25, 0.3) is 0 Å². The minimum absolute atomic E-state index is 0.236. The summed E-state index contributed by atoms with van der Waals surface area (Å²) in [6.07, 6.45) is -2.02. The summed E-state index contributed by atoms with van der Waals surface area (Å²) in [5.74, 6) is 0.668. The summed E-state index contributed by atoms with van der Waals surface area (Å²) in [6.45, 7) is 5.40. The minimum atomic E-state index is -4.39. The fourth-order valence-electron chi connectivity index (χ4n) is 2.98. The first-order valence-corrected chi connectivity index (χ1v) is 8.90. The second-order valence-corrected chi connectivity index (χ2v) is 6.77. The standard InChI is InChI=1S/C15H24F3N5S/c1-4-23-7-5-6-11(23)9-22(3)14(19-2)20-8-13-21-12(10-24-13)15(16,17)18/h10-11H,4-9H2,1-3H3,(H,19,20). The number of guanidine groups is 1. The maximum Gasteiger partial charge on any atom is 0.434 e. The highest BCUT2D eigenvalue weighted by Gasteiger charge is 2.33. The van der Waals surface area contributed by atoms with Gasteiger partial charge in [0.25, 0.3) is 0 Å². The maximum absolute atomic E-state index is 12.6. The molecule has 1 unspecified atom stereocenters. The highest BCUT2D eigenvalue weighted by atomic mass is 32.1. The largest absolute Gasteiger partial charge is 0.434 e. The minimum Gasteiger partial charge on any atom is -0.350 e. The van der Waals surface area contributed by atoms with Crippen LogP contribution in [0.4, 0.5) is 13.2 Å². The Kier molecular flexibility index (Phi) is 6.45. The number of rotatable bonds is 5. The van der Waals surface area contributed by atoms with Gasteiger partial charge in [-0.3, -0.25) is 9.89 Å². The summed E-state index contributed by atoms with van der Waals surface area (Å²) in [7, 11) is 3.62. The van der Waals surface area contributed by atoms with Gasteiger partial charge >= 0.3 is 6.18 Å². The highest BCUT2D eigenvalue weighted by Crippen LogP contribution is 2.29. The zero-order valence-electron chi connectivity index (χ0n) is 14.2. The van der Waals surface area contributed by atoms with E-state index in [1.807, 2.05) is 11.9 Å². The van der Waals surface area contributed by atoms with Crippen LogP contribution in [-0.2, 0) is 12.7 Å². The van der Waals surface area contributed by atoms with Crippen molar-refractivity contribution in [2.75, 3.05) is 33.7 Å². The third kappa shape index (κ3) is 4.83. The zero-order chi connectivity index (χ0) is 17.7. The molecule has 0 radical (unpaired) electrons. The van der Waals surface area contributed by atoms with Gasteiger partial charge in [0.15, 0.2) is 11.7 Å². The number of nitrogens with zero attached hydrogens (tertiary/aromatic N) is 4. The van der Waals surface area contributed by atoms with Gasteiger partial charge in [0.2, 0.25) is 0 Å². The maximum atomic E-state index is 12.6. The van der Waals surface area contributed by atoms with Crippen LogP contribution < -0.4 is 5.32 Å². The molecular weight excluding hydrogens is 339 g/mol. The van der Waals surface area contributed by atoms with Crippen LogP contribution in [0.2, 0.25) is 0 Å². The molecule has 1 aromatic heterocycles. The third-order valence-corrected chi connectivity index (χ3v) is 5.05. The van der Waals surface area contributed by atoms with E-state index in [4.69, 9.17) is 0 Å². The van der Waals surface area contributed by atoms with Gasteiger partial charge in [-0.25, -0.2) is 4.98 Å². The van der Waals surface area contributed by atoms with Crippen LogP contribution in [0, 0.1) is 0 Å².